The van der Waals surface area contributed by atoms with Gasteiger partial charge in [-0.25, -0.2) is 0 Å². The molecule has 0 heterocycles. The molecule has 0 spiro atoms. The number of rotatable bonds is 12. The first kappa shape index (κ1) is 22.3. The van der Waals surface area contributed by atoms with Crippen LogP contribution in [0.25, 0.3) is 0 Å². The third-order valence-electron chi connectivity index (χ3n) is 4.33. The number of benzene rings is 1. The molecule has 10 heteroatoms. The molecule has 0 radical (unpaired) electrons. The van der Waals surface area contributed by atoms with Gasteiger partial charge in [-0.3, -0.25) is 14.9 Å². The van der Waals surface area contributed by atoms with E-state index in [1.165, 1.54) is 24.1 Å². The van der Waals surface area contributed by atoms with E-state index in [2.05, 4.69) is 19.2 Å². The number of hydrogen-bond acceptors (Lipinski definition) is 6. The van der Waals surface area contributed by atoms with Crippen molar-refractivity contribution < 1.29 is 34.6 Å². The number of carboxylic acid groups (broad SMARTS) is 1. The lowest BCUT2D eigenvalue weighted by molar-refractivity contribution is -0.910. The molecule has 150 valence electrons. The Balaban J connectivity index is 2.73. The van der Waals surface area contributed by atoms with Gasteiger partial charge in [-0.1, -0.05) is 0 Å². The van der Waals surface area contributed by atoms with Gasteiger partial charge in [0.25, 0.3) is 5.69 Å². The third kappa shape index (κ3) is 7.19. The fraction of sp³-hybridized carbons (Fsp3) is 0.529. The lowest BCUT2D eigenvalue weighted by atomic mass is 10.2. The number of non-ortho nitro benzene ring substituents is 1. The molecular formula is C17H27N4O6+. The van der Waals surface area contributed by atoms with Gasteiger partial charge < -0.3 is 30.2 Å². The number of carboxylic acids is 1. The summed E-state index contributed by atoms with van der Waals surface area (Å²) in [6, 6.07) is 2.74. The molecule has 1 aromatic carbocycles. The van der Waals surface area contributed by atoms with Gasteiger partial charge in [0, 0.05) is 12.1 Å². The van der Waals surface area contributed by atoms with Crippen LogP contribution in [0.3, 0.4) is 0 Å². The normalized spacial score (nSPS) is 11.9. The number of carbonyl (C=O) groups excluding carboxylic acids is 2. The Hall–Kier alpha value is -2.72. The van der Waals surface area contributed by atoms with Crippen LogP contribution in [0.1, 0.15) is 20.3 Å². The van der Waals surface area contributed by atoms with Crippen LogP contribution in [0.15, 0.2) is 18.2 Å². The summed E-state index contributed by atoms with van der Waals surface area (Å²) in [6.45, 7) is 7.30. The highest BCUT2D eigenvalue weighted by molar-refractivity contribution is 5.95. The number of ether oxygens (including phenoxy) is 1. The maximum absolute atomic E-state index is 12.2. The summed E-state index contributed by atoms with van der Waals surface area (Å²) in [6.07, 6.45) is -0.318. The number of nitro groups is 1. The Bertz CT molecular complexity index is 663. The predicted octanol–water partition coefficient (Wildman–Crippen LogP) is -2.46. The molecule has 1 amide bonds. The number of quaternary nitrogens is 2. The first-order valence-electron chi connectivity index (χ1n) is 8.82. The van der Waals surface area contributed by atoms with E-state index in [1.807, 2.05) is 0 Å². The standard InChI is InChI=1S/C17H26N4O6/c1-4-20(5-2)9-8-18-14(17(23)24)11-16(22)19-13-10-12(21(25)26)6-7-15(13)27-3/h6-7,10,14,18H,4-5,8-9,11H2,1-3H3,(H,19,22)(H,23,24)/p+1/t14-/m0/s1. The molecule has 0 bridgehead atoms. The Labute approximate surface area is 157 Å². The van der Waals surface area contributed by atoms with Crippen molar-refractivity contribution in [3.8, 4) is 5.75 Å². The average Bonchev–Trinajstić information content (AvgIpc) is 2.63. The second kappa shape index (κ2) is 11.1. The van der Waals surface area contributed by atoms with E-state index in [4.69, 9.17) is 4.74 Å². The molecule has 0 saturated heterocycles. The molecule has 0 saturated carbocycles. The summed E-state index contributed by atoms with van der Waals surface area (Å²) < 4.78 is 5.07. The van der Waals surface area contributed by atoms with Crippen molar-refractivity contribution in [3.05, 3.63) is 28.3 Å². The van der Waals surface area contributed by atoms with Crippen molar-refractivity contribution in [1.29, 1.82) is 0 Å². The lowest BCUT2D eigenvalue weighted by Gasteiger charge is -2.19. The van der Waals surface area contributed by atoms with Gasteiger partial charge in [-0.15, -0.1) is 0 Å². The minimum absolute atomic E-state index is 0.112. The van der Waals surface area contributed by atoms with E-state index >= 15 is 0 Å². The number of nitrogens with zero attached hydrogens (tertiary/aromatic N) is 1. The summed E-state index contributed by atoms with van der Waals surface area (Å²) in [4.78, 5) is 35.2. The van der Waals surface area contributed by atoms with Crippen LogP contribution >= 0.6 is 0 Å². The molecule has 1 atom stereocenters. The summed E-state index contributed by atoms with van der Waals surface area (Å²) in [7, 11) is 1.37. The van der Waals surface area contributed by atoms with Crippen molar-refractivity contribution in [2.45, 2.75) is 26.3 Å². The number of anilines is 1. The highest BCUT2D eigenvalue weighted by Gasteiger charge is 2.21. The zero-order valence-electron chi connectivity index (χ0n) is 15.8. The van der Waals surface area contributed by atoms with Gasteiger partial charge in [0.1, 0.15) is 24.9 Å². The van der Waals surface area contributed by atoms with Gasteiger partial charge in [-0.05, 0) is 19.9 Å². The van der Waals surface area contributed by atoms with Gasteiger partial charge >= 0.3 is 0 Å². The lowest BCUT2D eigenvalue weighted by Crippen LogP contribution is -3.14. The maximum atomic E-state index is 12.2. The molecule has 4 N–H and O–H groups in total. The summed E-state index contributed by atoms with van der Waals surface area (Å²) in [5.74, 6) is -1.67. The molecule has 10 nitrogen and oxygen atoms in total. The first-order valence-corrected chi connectivity index (χ1v) is 8.82. The van der Waals surface area contributed by atoms with Crippen molar-refractivity contribution in [2.75, 3.05) is 38.6 Å². The van der Waals surface area contributed by atoms with Crippen molar-refractivity contribution >= 4 is 23.3 Å². The summed E-state index contributed by atoms with van der Waals surface area (Å²) >= 11 is 0. The minimum atomic E-state index is -1.33. The maximum Gasteiger partial charge on any atom is 0.271 e. The monoisotopic (exact) mass is 383 g/mol. The Kier molecular flexibility index (Phi) is 9.17. The minimum Gasteiger partial charge on any atom is -0.544 e. The number of methoxy groups -OCH3 is 1. The van der Waals surface area contributed by atoms with Crippen LogP contribution in [0.2, 0.25) is 0 Å². The highest BCUT2D eigenvalue weighted by atomic mass is 16.6. The number of nitro benzene ring substituents is 1. The summed E-state index contributed by atoms with van der Waals surface area (Å²) in [5.41, 5.74) is -0.0994. The van der Waals surface area contributed by atoms with Crippen LogP contribution in [-0.2, 0) is 9.59 Å². The fourth-order valence-corrected chi connectivity index (χ4v) is 2.66. The number of hydrogen-bond donors (Lipinski definition) is 3. The van der Waals surface area contributed by atoms with Crippen LogP contribution in [-0.4, -0.2) is 56.1 Å². The Morgan fingerprint density at radius 3 is 2.52 bits per heavy atom. The first-order chi connectivity index (χ1) is 12.8. The van der Waals surface area contributed by atoms with Crippen molar-refractivity contribution in [2.24, 2.45) is 0 Å². The average molecular weight is 383 g/mol. The van der Waals surface area contributed by atoms with E-state index in [9.17, 15) is 24.8 Å². The molecule has 0 aliphatic carbocycles. The number of aliphatic carboxylic acids is 1. The Morgan fingerprint density at radius 2 is 2.00 bits per heavy atom. The Morgan fingerprint density at radius 1 is 1.33 bits per heavy atom. The topological polar surface area (TPSA) is 143 Å². The molecular weight excluding hydrogens is 356 g/mol. The number of carbonyl (C=O) groups is 2. The van der Waals surface area contributed by atoms with Crippen LogP contribution in [0, 0.1) is 10.1 Å². The number of amides is 1. The van der Waals surface area contributed by atoms with Crippen LogP contribution < -0.4 is 25.4 Å². The molecule has 0 fully saturated rings. The molecule has 0 aromatic heterocycles. The zero-order chi connectivity index (χ0) is 20.4. The molecule has 0 aliphatic heterocycles. The smallest absolute Gasteiger partial charge is 0.271 e. The number of nitrogens with one attached hydrogen (secondary N) is 2. The SMILES string of the molecule is CC[NH+](CC)CC[NH2+][C@@H](CC(=O)Nc1cc([N+](=O)[O-])ccc1OC)C(=O)[O-]. The van der Waals surface area contributed by atoms with E-state index in [-0.39, 0.29) is 23.5 Å². The molecule has 1 rings (SSSR count). The van der Waals surface area contributed by atoms with Gasteiger partial charge in [0.15, 0.2) is 0 Å². The van der Waals surface area contributed by atoms with Crippen molar-refractivity contribution in [3.63, 3.8) is 0 Å². The molecule has 0 unspecified atom stereocenters. The van der Waals surface area contributed by atoms with E-state index in [1.54, 1.807) is 5.32 Å². The summed E-state index contributed by atoms with van der Waals surface area (Å²) in [5, 5.41) is 26.3. The molecule has 27 heavy (non-hydrogen) atoms. The fourth-order valence-electron chi connectivity index (χ4n) is 2.66. The van der Waals surface area contributed by atoms with E-state index in [0.717, 1.165) is 25.7 Å². The number of likely N-dealkylation sites (N-methyl/N-ethyl adjacent to an activating group) is 1. The van der Waals surface area contributed by atoms with Crippen molar-refractivity contribution in [1.82, 2.24) is 0 Å². The zero-order valence-corrected chi connectivity index (χ0v) is 15.8. The van der Waals surface area contributed by atoms with Gasteiger partial charge in [-0.2, -0.15) is 0 Å². The van der Waals surface area contributed by atoms with Crippen LogP contribution in [0.4, 0.5) is 11.4 Å². The predicted molar refractivity (Wildman–Crippen MR) is 95.4 cm³/mol. The van der Waals surface area contributed by atoms with Gasteiger partial charge in [0.2, 0.25) is 5.91 Å². The largest absolute Gasteiger partial charge is 0.544 e. The second-order valence-electron chi connectivity index (χ2n) is 6.05. The molecule has 1 aromatic rings. The quantitative estimate of drug-likeness (QED) is 0.270. The number of nitrogens with two attached hydrogens (primary N) is 1. The second-order valence-corrected chi connectivity index (χ2v) is 6.05. The van der Waals surface area contributed by atoms with Crippen LogP contribution in [0.5, 0.6) is 5.75 Å². The molecule has 0 aliphatic rings. The van der Waals surface area contributed by atoms with E-state index in [0.29, 0.717) is 6.54 Å². The van der Waals surface area contributed by atoms with E-state index < -0.39 is 22.8 Å². The third-order valence-corrected chi connectivity index (χ3v) is 4.33. The highest BCUT2D eigenvalue weighted by Crippen LogP contribution is 2.28. The van der Waals surface area contributed by atoms with Gasteiger partial charge in [0.05, 0.1) is 43.2 Å².